The van der Waals surface area contributed by atoms with Gasteiger partial charge in [0.25, 0.3) is 0 Å². The van der Waals surface area contributed by atoms with Gasteiger partial charge in [-0.05, 0) is 37.0 Å². The summed E-state index contributed by atoms with van der Waals surface area (Å²) in [4.78, 5) is 14.8. The first-order valence-corrected chi connectivity index (χ1v) is 8.02. The molecule has 0 aliphatic carbocycles. The molecule has 0 amide bonds. The number of halogens is 1. The molecule has 0 saturated carbocycles. The van der Waals surface area contributed by atoms with Gasteiger partial charge in [0.15, 0.2) is 0 Å². The number of hydrogen-bond donors (Lipinski definition) is 2. The molecule has 1 aromatic heterocycles. The van der Waals surface area contributed by atoms with Crippen molar-refractivity contribution in [3.63, 3.8) is 0 Å². The van der Waals surface area contributed by atoms with Crippen LogP contribution in [0.25, 0.3) is 10.9 Å². The van der Waals surface area contributed by atoms with Gasteiger partial charge in [0.1, 0.15) is 5.60 Å². The molecule has 2 N–H and O–H groups in total. The molecule has 0 spiro atoms. The zero-order valence-electron chi connectivity index (χ0n) is 12.8. The van der Waals surface area contributed by atoms with Crippen LogP contribution in [0.4, 0.5) is 0 Å². The second kappa shape index (κ2) is 5.60. The van der Waals surface area contributed by atoms with Crippen LogP contribution in [0.3, 0.4) is 0 Å². The Bertz CT molecular complexity index is 737. The highest BCUT2D eigenvalue weighted by molar-refractivity contribution is 6.35. The summed E-state index contributed by atoms with van der Waals surface area (Å²) in [5.41, 5.74) is 3.33. The van der Waals surface area contributed by atoms with Crippen LogP contribution in [0, 0.1) is 6.92 Å². The number of rotatable bonds is 4. The summed E-state index contributed by atoms with van der Waals surface area (Å²) in [5, 5.41) is 11.1. The highest BCUT2D eigenvalue weighted by Gasteiger charge is 2.41. The lowest BCUT2D eigenvalue weighted by Crippen LogP contribution is -2.37. The number of benzene rings is 1. The Kier molecular flexibility index (Phi) is 3.91. The van der Waals surface area contributed by atoms with Gasteiger partial charge >= 0.3 is 5.97 Å². The van der Waals surface area contributed by atoms with Gasteiger partial charge in [0.2, 0.25) is 0 Å². The Balaban J connectivity index is 2.27. The van der Waals surface area contributed by atoms with Gasteiger partial charge in [-0.2, -0.15) is 0 Å². The summed E-state index contributed by atoms with van der Waals surface area (Å²) in [5.74, 6) is -0.845. The fraction of sp³-hybridized carbons (Fsp3) is 0.471. The van der Waals surface area contributed by atoms with Crippen molar-refractivity contribution in [2.45, 2.75) is 45.1 Å². The Labute approximate surface area is 134 Å². The van der Waals surface area contributed by atoms with Crippen LogP contribution < -0.4 is 0 Å². The molecule has 0 radical (unpaired) electrons. The zero-order valence-corrected chi connectivity index (χ0v) is 13.6. The van der Waals surface area contributed by atoms with Gasteiger partial charge in [0, 0.05) is 5.39 Å². The number of carboxylic acid groups (broad SMARTS) is 1. The van der Waals surface area contributed by atoms with Crippen molar-refractivity contribution in [3.8, 4) is 0 Å². The van der Waals surface area contributed by atoms with Gasteiger partial charge < -0.3 is 14.8 Å². The van der Waals surface area contributed by atoms with E-state index in [4.69, 9.17) is 16.3 Å². The predicted molar refractivity (Wildman–Crippen MR) is 86.5 cm³/mol. The summed E-state index contributed by atoms with van der Waals surface area (Å²) < 4.78 is 6.00. The zero-order chi connectivity index (χ0) is 15.9. The molecular formula is C17H20ClNO3. The van der Waals surface area contributed by atoms with Crippen LogP contribution in [-0.4, -0.2) is 22.7 Å². The fourth-order valence-electron chi connectivity index (χ4n) is 3.65. The van der Waals surface area contributed by atoms with E-state index in [1.54, 1.807) is 0 Å². The minimum Gasteiger partial charge on any atom is -0.481 e. The highest BCUT2D eigenvalue weighted by atomic mass is 35.5. The molecule has 5 heteroatoms. The molecule has 1 unspecified atom stereocenters. The quantitative estimate of drug-likeness (QED) is 0.888. The van der Waals surface area contributed by atoms with Crippen LogP contribution in [0.5, 0.6) is 0 Å². The summed E-state index contributed by atoms with van der Waals surface area (Å²) in [6.07, 6.45) is 2.28. The van der Waals surface area contributed by atoms with E-state index in [1.807, 2.05) is 19.1 Å². The van der Waals surface area contributed by atoms with Gasteiger partial charge in [0.05, 0.1) is 29.3 Å². The van der Waals surface area contributed by atoms with Gasteiger partial charge in [-0.15, -0.1) is 0 Å². The summed E-state index contributed by atoms with van der Waals surface area (Å²) in [6.45, 7) is 4.64. The molecule has 0 fully saturated rings. The van der Waals surface area contributed by atoms with Crippen LogP contribution in [-0.2, 0) is 21.6 Å². The molecule has 118 valence electrons. The fourth-order valence-corrected chi connectivity index (χ4v) is 3.86. The van der Waals surface area contributed by atoms with Crippen LogP contribution >= 0.6 is 11.6 Å². The second-order valence-electron chi connectivity index (χ2n) is 6.01. The van der Waals surface area contributed by atoms with Crippen molar-refractivity contribution in [1.82, 2.24) is 4.98 Å². The first-order valence-electron chi connectivity index (χ1n) is 7.64. The number of H-pyrrole nitrogens is 1. The largest absolute Gasteiger partial charge is 0.481 e. The number of aryl methyl sites for hydroxylation is 1. The number of carbonyl (C=O) groups is 1. The number of aromatic amines is 1. The lowest BCUT2D eigenvalue weighted by molar-refractivity contribution is -0.149. The Hall–Kier alpha value is -1.52. The molecule has 3 rings (SSSR count). The SMILES string of the molecule is CCCC1(CC(=O)O)OCCc2c1[nH]c1c(Cl)ccc(C)c21. The average Bonchev–Trinajstić information content (AvgIpc) is 2.85. The molecule has 1 aliphatic rings. The first-order chi connectivity index (χ1) is 10.5. The van der Waals surface area contributed by atoms with E-state index in [9.17, 15) is 9.90 Å². The summed E-state index contributed by atoms with van der Waals surface area (Å²) in [7, 11) is 0. The molecule has 2 heterocycles. The van der Waals surface area contributed by atoms with Crippen molar-refractivity contribution in [2.75, 3.05) is 6.61 Å². The van der Waals surface area contributed by atoms with E-state index in [1.165, 1.54) is 0 Å². The summed E-state index contributed by atoms with van der Waals surface area (Å²) in [6, 6.07) is 3.88. The van der Waals surface area contributed by atoms with Crippen molar-refractivity contribution >= 4 is 28.5 Å². The third kappa shape index (κ3) is 2.31. The smallest absolute Gasteiger partial charge is 0.306 e. The molecule has 1 atom stereocenters. The first kappa shape index (κ1) is 15.4. The molecule has 2 aromatic rings. The molecular weight excluding hydrogens is 302 g/mol. The standard InChI is InChI=1S/C17H20ClNO3/c1-3-7-17(9-13(20)21)16-11(6-8-22-17)14-10(2)4-5-12(18)15(14)19-16/h4-5,19H,3,6-9H2,1-2H3,(H,20,21). The molecule has 0 saturated heterocycles. The van der Waals surface area contributed by atoms with Gasteiger partial charge in [-0.3, -0.25) is 4.79 Å². The van der Waals surface area contributed by atoms with E-state index in [-0.39, 0.29) is 6.42 Å². The van der Waals surface area contributed by atoms with Gasteiger partial charge in [-0.25, -0.2) is 0 Å². The molecule has 4 nitrogen and oxygen atoms in total. The van der Waals surface area contributed by atoms with Crippen LogP contribution in [0.15, 0.2) is 12.1 Å². The van der Waals surface area contributed by atoms with E-state index >= 15 is 0 Å². The van der Waals surface area contributed by atoms with Crippen LogP contribution in [0.2, 0.25) is 5.02 Å². The number of aliphatic carboxylic acids is 1. The second-order valence-corrected chi connectivity index (χ2v) is 6.41. The maximum absolute atomic E-state index is 11.4. The Morgan fingerprint density at radius 1 is 1.50 bits per heavy atom. The minimum atomic E-state index is -0.845. The Morgan fingerprint density at radius 3 is 2.95 bits per heavy atom. The van der Waals surface area contributed by atoms with Crippen molar-refractivity contribution < 1.29 is 14.6 Å². The lowest BCUT2D eigenvalue weighted by Gasteiger charge is -2.36. The average molecular weight is 322 g/mol. The number of fused-ring (bicyclic) bond motifs is 3. The monoisotopic (exact) mass is 321 g/mol. The maximum Gasteiger partial charge on any atom is 0.306 e. The van der Waals surface area contributed by atoms with Crippen LogP contribution in [0.1, 0.15) is 43.0 Å². The topological polar surface area (TPSA) is 62.3 Å². The third-order valence-corrected chi connectivity index (χ3v) is 4.81. The number of carboxylic acids is 1. The number of ether oxygens (including phenoxy) is 1. The third-order valence-electron chi connectivity index (χ3n) is 4.49. The van der Waals surface area contributed by atoms with Crippen molar-refractivity contribution in [2.24, 2.45) is 0 Å². The van der Waals surface area contributed by atoms with E-state index in [0.29, 0.717) is 18.1 Å². The number of hydrogen-bond acceptors (Lipinski definition) is 2. The van der Waals surface area contributed by atoms with Crippen molar-refractivity contribution in [3.05, 3.63) is 34.0 Å². The summed E-state index contributed by atoms with van der Waals surface area (Å²) >= 11 is 6.34. The highest BCUT2D eigenvalue weighted by Crippen LogP contribution is 2.44. The van der Waals surface area contributed by atoms with Gasteiger partial charge in [-0.1, -0.05) is 31.0 Å². The number of aromatic nitrogens is 1. The molecule has 22 heavy (non-hydrogen) atoms. The normalized spacial score (nSPS) is 21.0. The molecule has 0 bridgehead atoms. The Morgan fingerprint density at radius 2 is 2.27 bits per heavy atom. The minimum absolute atomic E-state index is 0.0304. The maximum atomic E-state index is 11.4. The lowest BCUT2D eigenvalue weighted by atomic mass is 9.84. The molecule has 1 aromatic carbocycles. The number of nitrogens with one attached hydrogen (secondary N) is 1. The predicted octanol–water partition coefficient (Wildman–Crippen LogP) is 4.17. The van der Waals surface area contributed by atoms with E-state index < -0.39 is 11.6 Å². The van der Waals surface area contributed by atoms with Crippen molar-refractivity contribution in [1.29, 1.82) is 0 Å². The molecule has 1 aliphatic heterocycles. The van der Waals surface area contributed by atoms with E-state index in [2.05, 4.69) is 11.9 Å². The van der Waals surface area contributed by atoms with E-state index in [0.717, 1.165) is 40.6 Å².